The summed E-state index contributed by atoms with van der Waals surface area (Å²) in [5.41, 5.74) is 2.30. The fraction of sp³-hybridized carbons (Fsp3) is 0.353. The molecule has 0 aromatic heterocycles. The lowest BCUT2D eigenvalue weighted by atomic mass is 9.76. The van der Waals surface area contributed by atoms with Crippen LogP contribution in [0.1, 0.15) is 18.4 Å². The van der Waals surface area contributed by atoms with Gasteiger partial charge in [-0.25, -0.2) is 0 Å². The number of ketones is 1. The van der Waals surface area contributed by atoms with Gasteiger partial charge in [0.2, 0.25) is 0 Å². The normalized spacial score (nSPS) is 29.6. The van der Waals surface area contributed by atoms with Gasteiger partial charge < -0.3 is 5.11 Å². The van der Waals surface area contributed by atoms with E-state index >= 15 is 0 Å². The summed E-state index contributed by atoms with van der Waals surface area (Å²) in [4.78, 5) is 12.1. The predicted octanol–water partition coefficient (Wildman–Crippen LogP) is 3.27. The molecule has 1 fully saturated rings. The van der Waals surface area contributed by atoms with Gasteiger partial charge in [0.15, 0.2) is 5.78 Å². The van der Waals surface area contributed by atoms with E-state index in [1.165, 1.54) is 5.56 Å². The Bertz CT molecular complexity index is 539. The molecule has 0 bridgehead atoms. The molecular formula is C17H18O2. The number of hydrogen-bond donors (Lipinski definition) is 1. The van der Waals surface area contributed by atoms with Crippen LogP contribution < -0.4 is 0 Å². The van der Waals surface area contributed by atoms with Crippen LogP contribution in [0.5, 0.6) is 5.75 Å². The average Bonchev–Trinajstić information content (AvgIpc) is 2.82. The second kappa shape index (κ2) is 4.69. The van der Waals surface area contributed by atoms with E-state index in [2.05, 4.69) is 6.58 Å². The van der Waals surface area contributed by atoms with Crippen LogP contribution in [0.15, 0.2) is 48.6 Å². The minimum Gasteiger partial charge on any atom is -0.508 e. The van der Waals surface area contributed by atoms with Crippen molar-refractivity contribution in [2.75, 3.05) is 0 Å². The molecule has 2 nitrogen and oxygen atoms in total. The van der Waals surface area contributed by atoms with Crippen molar-refractivity contribution in [3.05, 3.63) is 54.1 Å². The van der Waals surface area contributed by atoms with Gasteiger partial charge in [-0.15, -0.1) is 0 Å². The van der Waals surface area contributed by atoms with Crippen molar-refractivity contribution in [1.29, 1.82) is 0 Å². The van der Waals surface area contributed by atoms with Gasteiger partial charge in [-0.05, 0) is 54.9 Å². The minimum atomic E-state index is 0.117. The number of aromatic hydroxyl groups is 1. The van der Waals surface area contributed by atoms with E-state index < -0.39 is 0 Å². The molecule has 1 aromatic rings. The lowest BCUT2D eigenvalue weighted by molar-refractivity contribution is -0.120. The monoisotopic (exact) mass is 254 g/mol. The molecule has 2 heteroatoms. The number of carbonyl (C=O) groups excluding carboxylic acids is 1. The maximum atomic E-state index is 12.1. The van der Waals surface area contributed by atoms with Crippen LogP contribution in [0.2, 0.25) is 0 Å². The number of fused-ring (bicyclic) bond motifs is 1. The minimum absolute atomic E-state index is 0.117. The smallest absolute Gasteiger partial charge is 0.159 e. The van der Waals surface area contributed by atoms with Crippen LogP contribution in [-0.4, -0.2) is 10.9 Å². The summed E-state index contributed by atoms with van der Waals surface area (Å²) in [5, 5.41) is 9.31. The third-order valence-corrected chi connectivity index (χ3v) is 4.49. The highest BCUT2D eigenvalue weighted by Crippen LogP contribution is 2.45. The lowest BCUT2D eigenvalue weighted by Gasteiger charge is -2.26. The number of benzene rings is 1. The van der Waals surface area contributed by atoms with Crippen LogP contribution in [0.3, 0.4) is 0 Å². The largest absolute Gasteiger partial charge is 0.508 e. The number of phenolic OH excluding ortho intramolecular Hbond substituents is 1. The first kappa shape index (κ1) is 12.2. The maximum absolute atomic E-state index is 12.1. The van der Waals surface area contributed by atoms with Crippen LogP contribution in [0, 0.1) is 17.8 Å². The molecule has 1 aromatic carbocycles. The maximum Gasteiger partial charge on any atom is 0.159 e. The summed E-state index contributed by atoms with van der Waals surface area (Å²) in [6.45, 7) is 4.07. The molecule has 1 N–H and O–H groups in total. The third kappa shape index (κ3) is 2.23. The van der Waals surface area contributed by atoms with E-state index in [1.54, 1.807) is 18.2 Å². The van der Waals surface area contributed by atoms with Crippen LogP contribution in [-0.2, 0) is 11.2 Å². The van der Waals surface area contributed by atoms with E-state index in [9.17, 15) is 9.90 Å². The number of allylic oxidation sites excluding steroid dienone is 3. The van der Waals surface area contributed by atoms with Crippen molar-refractivity contribution in [3.63, 3.8) is 0 Å². The molecular weight excluding hydrogens is 236 g/mol. The Labute approximate surface area is 113 Å². The SMILES string of the molecule is C=C1C=CC(=O)[C@@H]2[C@H](Cc3ccc(O)cc3)CC[C@H]12. The summed E-state index contributed by atoms with van der Waals surface area (Å²) >= 11 is 0. The molecule has 0 spiro atoms. The van der Waals surface area contributed by atoms with Crippen LogP contribution in [0.4, 0.5) is 0 Å². The van der Waals surface area contributed by atoms with Gasteiger partial charge in [-0.1, -0.05) is 30.4 Å². The Morgan fingerprint density at radius 3 is 2.63 bits per heavy atom. The second-order valence-electron chi connectivity index (χ2n) is 5.65. The molecule has 0 unspecified atom stereocenters. The third-order valence-electron chi connectivity index (χ3n) is 4.49. The molecule has 2 aliphatic carbocycles. The Hall–Kier alpha value is -1.83. The highest BCUT2D eigenvalue weighted by atomic mass is 16.3. The van der Waals surface area contributed by atoms with Crippen molar-refractivity contribution in [1.82, 2.24) is 0 Å². The average molecular weight is 254 g/mol. The Morgan fingerprint density at radius 2 is 1.89 bits per heavy atom. The van der Waals surface area contributed by atoms with E-state index in [1.807, 2.05) is 18.2 Å². The Balaban J connectivity index is 1.79. The van der Waals surface area contributed by atoms with E-state index in [0.717, 1.165) is 24.8 Å². The fourth-order valence-electron chi connectivity index (χ4n) is 3.52. The molecule has 0 heterocycles. The lowest BCUT2D eigenvalue weighted by Crippen LogP contribution is -2.28. The van der Waals surface area contributed by atoms with Gasteiger partial charge in [0.05, 0.1) is 0 Å². The molecule has 2 aliphatic rings. The predicted molar refractivity (Wildman–Crippen MR) is 74.8 cm³/mol. The van der Waals surface area contributed by atoms with Crippen molar-refractivity contribution in [3.8, 4) is 5.75 Å². The van der Waals surface area contributed by atoms with Gasteiger partial charge in [0, 0.05) is 5.92 Å². The summed E-state index contributed by atoms with van der Waals surface area (Å²) in [5.74, 6) is 1.42. The highest BCUT2D eigenvalue weighted by molar-refractivity contribution is 5.94. The zero-order chi connectivity index (χ0) is 13.4. The molecule has 0 amide bonds. The van der Waals surface area contributed by atoms with Crippen LogP contribution in [0.25, 0.3) is 0 Å². The summed E-state index contributed by atoms with van der Waals surface area (Å²) in [7, 11) is 0. The zero-order valence-electron chi connectivity index (χ0n) is 10.9. The van der Waals surface area contributed by atoms with Gasteiger partial charge in [0.1, 0.15) is 5.75 Å². The number of hydrogen-bond acceptors (Lipinski definition) is 2. The molecule has 3 rings (SSSR count). The van der Waals surface area contributed by atoms with Gasteiger partial charge >= 0.3 is 0 Å². The van der Waals surface area contributed by atoms with Gasteiger partial charge in [-0.3, -0.25) is 4.79 Å². The molecule has 0 saturated heterocycles. The second-order valence-corrected chi connectivity index (χ2v) is 5.65. The van der Waals surface area contributed by atoms with Crippen molar-refractivity contribution >= 4 is 5.78 Å². The quantitative estimate of drug-likeness (QED) is 0.879. The Morgan fingerprint density at radius 1 is 1.16 bits per heavy atom. The standard InChI is InChI=1S/C17H18O2/c1-11-2-9-16(19)17-13(5-8-15(11)17)10-12-3-6-14(18)7-4-12/h2-4,6-7,9,13,15,17-18H,1,5,8,10H2/t13-,15+,17+/m0/s1. The Kier molecular flexibility index (Phi) is 3.02. The molecule has 0 radical (unpaired) electrons. The summed E-state index contributed by atoms with van der Waals surface area (Å²) in [6, 6.07) is 7.31. The van der Waals surface area contributed by atoms with Gasteiger partial charge in [0.25, 0.3) is 0 Å². The number of carbonyl (C=O) groups is 1. The molecule has 0 aliphatic heterocycles. The van der Waals surface area contributed by atoms with Crippen molar-refractivity contribution < 1.29 is 9.90 Å². The molecule has 3 atom stereocenters. The van der Waals surface area contributed by atoms with E-state index in [0.29, 0.717) is 11.8 Å². The van der Waals surface area contributed by atoms with E-state index in [-0.39, 0.29) is 17.5 Å². The van der Waals surface area contributed by atoms with Gasteiger partial charge in [-0.2, -0.15) is 0 Å². The van der Waals surface area contributed by atoms with Crippen molar-refractivity contribution in [2.45, 2.75) is 19.3 Å². The topological polar surface area (TPSA) is 37.3 Å². The first-order valence-electron chi connectivity index (χ1n) is 6.84. The molecule has 98 valence electrons. The first-order chi connectivity index (χ1) is 9.15. The zero-order valence-corrected chi connectivity index (χ0v) is 10.9. The number of phenols is 1. The molecule has 1 saturated carbocycles. The van der Waals surface area contributed by atoms with E-state index in [4.69, 9.17) is 0 Å². The number of rotatable bonds is 2. The fourth-order valence-corrected chi connectivity index (χ4v) is 3.52. The van der Waals surface area contributed by atoms with Crippen molar-refractivity contribution in [2.24, 2.45) is 17.8 Å². The first-order valence-corrected chi connectivity index (χ1v) is 6.84. The molecule has 19 heavy (non-hydrogen) atoms. The summed E-state index contributed by atoms with van der Waals surface area (Å²) < 4.78 is 0. The summed E-state index contributed by atoms with van der Waals surface area (Å²) in [6.07, 6.45) is 6.64. The highest BCUT2D eigenvalue weighted by Gasteiger charge is 2.42. The van der Waals surface area contributed by atoms with Crippen LogP contribution >= 0.6 is 0 Å².